The first kappa shape index (κ1) is 25.8. The maximum Gasteiger partial charge on any atom is 0.573 e. The van der Waals surface area contributed by atoms with Crippen LogP contribution in [0.25, 0.3) is 0 Å². The van der Waals surface area contributed by atoms with Crippen LogP contribution in [0, 0.1) is 11.3 Å². The molecule has 8 nitrogen and oxygen atoms in total. The zero-order chi connectivity index (χ0) is 26.8. The van der Waals surface area contributed by atoms with E-state index in [9.17, 15) is 18.0 Å². The van der Waals surface area contributed by atoms with Gasteiger partial charge in [-0.2, -0.15) is 5.26 Å². The van der Waals surface area contributed by atoms with Crippen molar-refractivity contribution in [3.05, 3.63) is 83.4 Å². The fraction of sp³-hybridized carbons (Fsp3) is 0.370. The molecule has 0 bridgehead atoms. The van der Waals surface area contributed by atoms with Crippen molar-refractivity contribution in [3.8, 4) is 11.8 Å². The third-order valence-corrected chi connectivity index (χ3v) is 7.02. The molecule has 3 aromatic rings. The van der Waals surface area contributed by atoms with Gasteiger partial charge in [-0.05, 0) is 36.6 Å². The summed E-state index contributed by atoms with van der Waals surface area (Å²) < 4.78 is 50.5. The number of carbonyl (C=O) groups excluding carboxylic acids is 1. The number of imidazole rings is 1. The number of hydrogen-bond donors (Lipinski definition) is 0. The number of ether oxygens (including phenoxy) is 2. The van der Waals surface area contributed by atoms with Gasteiger partial charge in [-0.25, -0.2) is 4.98 Å². The lowest BCUT2D eigenvalue weighted by Crippen LogP contribution is -2.49. The van der Waals surface area contributed by atoms with Crippen molar-refractivity contribution < 1.29 is 27.4 Å². The van der Waals surface area contributed by atoms with Crippen LogP contribution in [0.2, 0.25) is 0 Å². The summed E-state index contributed by atoms with van der Waals surface area (Å²) in [7, 11) is 0. The number of aromatic nitrogens is 2. The van der Waals surface area contributed by atoms with Gasteiger partial charge >= 0.3 is 6.36 Å². The molecule has 2 saturated heterocycles. The lowest BCUT2D eigenvalue weighted by Gasteiger charge is -2.36. The minimum atomic E-state index is -4.81. The Morgan fingerprint density at radius 1 is 1.05 bits per heavy atom. The Labute approximate surface area is 217 Å². The van der Waals surface area contributed by atoms with Gasteiger partial charge in [0.25, 0.3) is 5.91 Å². The highest BCUT2D eigenvalue weighted by atomic mass is 19.4. The summed E-state index contributed by atoms with van der Waals surface area (Å²) in [6.07, 6.45) is -0.221. The second kappa shape index (κ2) is 10.5. The van der Waals surface area contributed by atoms with Crippen LogP contribution in [0.5, 0.6) is 5.75 Å². The van der Waals surface area contributed by atoms with E-state index < -0.39 is 12.0 Å². The number of rotatable bonds is 7. The molecular weight excluding hydrogens is 499 g/mol. The molecule has 2 aliphatic heterocycles. The molecule has 2 aliphatic rings. The van der Waals surface area contributed by atoms with Crippen LogP contribution >= 0.6 is 0 Å². The lowest BCUT2D eigenvalue weighted by molar-refractivity contribution is -0.275. The predicted octanol–water partition coefficient (Wildman–Crippen LogP) is 4.05. The molecule has 0 radical (unpaired) electrons. The Bertz CT molecular complexity index is 1320. The number of carbonyl (C=O) groups is 1. The summed E-state index contributed by atoms with van der Waals surface area (Å²) in [5.41, 5.74) is 2.02. The van der Waals surface area contributed by atoms with Crippen molar-refractivity contribution in [2.75, 3.05) is 19.8 Å². The number of halogens is 3. The highest BCUT2D eigenvalue weighted by Gasteiger charge is 2.49. The molecule has 1 aromatic heterocycles. The molecule has 0 aliphatic carbocycles. The number of piperidine rings is 1. The third-order valence-electron chi connectivity index (χ3n) is 7.02. The van der Waals surface area contributed by atoms with Crippen molar-refractivity contribution >= 4 is 5.91 Å². The number of likely N-dealkylation sites (tertiary alicyclic amines) is 1. The van der Waals surface area contributed by atoms with Crippen molar-refractivity contribution in [2.24, 2.45) is 0 Å². The van der Waals surface area contributed by atoms with Crippen molar-refractivity contribution in [2.45, 2.75) is 44.4 Å². The SMILES string of the molecule is N#Cc1ccc(Cn2cncc2CN2CCC3(CC2)OCN(Cc2ccccc2OC(F)(F)F)C3=O)cc1. The van der Waals surface area contributed by atoms with Gasteiger partial charge in [0.05, 0.1) is 30.2 Å². The molecule has 1 spiro atoms. The van der Waals surface area contributed by atoms with Crippen LogP contribution in [-0.2, 0) is 29.2 Å². The summed E-state index contributed by atoms with van der Waals surface area (Å²) >= 11 is 0. The summed E-state index contributed by atoms with van der Waals surface area (Å²) in [6, 6.07) is 15.4. The van der Waals surface area contributed by atoms with Crippen LogP contribution in [0.15, 0.2) is 61.1 Å². The second-order valence-corrected chi connectivity index (χ2v) is 9.52. The standard InChI is InChI=1S/C27H26F3N5O3/c28-27(29,30)38-24-4-2-1-3-22(24)16-35-19-37-26(25(35)36)9-11-33(12-10-26)17-23-14-32-18-34(23)15-21-7-5-20(13-31)6-8-21/h1-8,14,18H,9-12,15-17,19H2. The smallest absolute Gasteiger partial charge is 0.405 e. The van der Waals surface area contributed by atoms with E-state index in [1.165, 1.54) is 23.1 Å². The zero-order valence-corrected chi connectivity index (χ0v) is 20.5. The number of nitrogens with zero attached hydrogens (tertiary/aromatic N) is 5. The molecule has 198 valence electrons. The quantitative estimate of drug-likeness (QED) is 0.463. The number of benzene rings is 2. The van der Waals surface area contributed by atoms with Gasteiger partial charge in [0.2, 0.25) is 0 Å². The van der Waals surface area contributed by atoms with Crippen LogP contribution in [-0.4, -0.2) is 57.0 Å². The van der Waals surface area contributed by atoms with Gasteiger partial charge in [0, 0.05) is 37.9 Å². The average molecular weight is 526 g/mol. The van der Waals surface area contributed by atoms with Gasteiger partial charge in [-0.3, -0.25) is 9.69 Å². The van der Waals surface area contributed by atoms with Gasteiger partial charge in [0.1, 0.15) is 12.5 Å². The molecule has 2 fully saturated rings. The predicted molar refractivity (Wildman–Crippen MR) is 129 cm³/mol. The van der Waals surface area contributed by atoms with Crippen molar-refractivity contribution in [3.63, 3.8) is 0 Å². The largest absolute Gasteiger partial charge is 0.573 e. The van der Waals surface area contributed by atoms with Crippen molar-refractivity contribution in [1.82, 2.24) is 19.4 Å². The lowest BCUT2D eigenvalue weighted by atomic mass is 9.90. The van der Waals surface area contributed by atoms with Gasteiger partial charge < -0.3 is 18.9 Å². The number of nitriles is 1. The van der Waals surface area contributed by atoms with E-state index in [1.54, 1.807) is 24.5 Å². The highest BCUT2D eigenvalue weighted by molar-refractivity contribution is 5.87. The Kier molecular flexibility index (Phi) is 7.10. The first-order valence-electron chi connectivity index (χ1n) is 12.2. The second-order valence-electron chi connectivity index (χ2n) is 9.52. The minimum absolute atomic E-state index is 0.0227. The van der Waals surface area contributed by atoms with Crippen LogP contribution in [0.4, 0.5) is 13.2 Å². The Morgan fingerprint density at radius 3 is 2.50 bits per heavy atom. The molecule has 0 N–H and O–H groups in total. The van der Waals surface area contributed by atoms with E-state index in [1.807, 2.05) is 18.3 Å². The summed E-state index contributed by atoms with van der Waals surface area (Å²) in [4.78, 5) is 21.3. The maximum absolute atomic E-state index is 13.3. The molecule has 0 unspecified atom stereocenters. The summed E-state index contributed by atoms with van der Waals surface area (Å²) in [5.74, 6) is -0.522. The maximum atomic E-state index is 13.3. The van der Waals surface area contributed by atoms with E-state index in [4.69, 9.17) is 10.00 Å². The van der Waals surface area contributed by atoms with E-state index in [0.29, 0.717) is 44.6 Å². The zero-order valence-electron chi connectivity index (χ0n) is 20.5. The number of amides is 1. The highest BCUT2D eigenvalue weighted by Crippen LogP contribution is 2.36. The van der Waals surface area contributed by atoms with E-state index in [-0.39, 0.29) is 30.5 Å². The first-order valence-corrected chi connectivity index (χ1v) is 12.2. The molecule has 38 heavy (non-hydrogen) atoms. The Hall–Kier alpha value is -3.88. The first-order chi connectivity index (χ1) is 18.2. The number of para-hydroxylation sites is 1. The molecule has 2 aromatic carbocycles. The Balaban J connectivity index is 1.18. The molecular formula is C27H26F3N5O3. The average Bonchev–Trinajstić information content (AvgIpc) is 3.45. The van der Waals surface area contributed by atoms with E-state index in [0.717, 1.165) is 11.3 Å². The molecule has 0 saturated carbocycles. The van der Waals surface area contributed by atoms with Crippen molar-refractivity contribution in [1.29, 1.82) is 5.26 Å². The third kappa shape index (κ3) is 5.66. The van der Waals surface area contributed by atoms with Gasteiger partial charge in [0.15, 0.2) is 5.60 Å². The topological polar surface area (TPSA) is 83.6 Å². The monoisotopic (exact) mass is 525 g/mol. The van der Waals surface area contributed by atoms with Crippen LogP contribution in [0.1, 0.15) is 35.2 Å². The molecule has 1 amide bonds. The molecule has 3 heterocycles. The fourth-order valence-corrected chi connectivity index (χ4v) is 4.95. The van der Waals surface area contributed by atoms with E-state index in [2.05, 4.69) is 25.3 Å². The number of hydrogen-bond acceptors (Lipinski definition) is 6. The number of alkyl halides is 3. The van der Waals surface area contributed by atoms with Gasteiger partial charge in [-0.1, -0.05) is 30.3 Å². The molecule has 5 rings (SSSR count). The summed E-state index contributed by atoms with van der Waals surface area (Å²) in [6.45, 7) is 2.56. The molecule has 0 atom stereocenters. The Morgan fingerprint density at radius 2 is 1.79 bits per heavy atom. The van der Waals surface area contributed by atoms with Crippen LogP contribution < -0.4 is 4.74 Å². The molecule has 11 heteroatoms. The summed E-state index contributed by atoms with van der Waals surface area (Å²) in [5, 5.41) is 8.99. The fourth-order valence-electron chi connectivity index (χ4n) is 4.95. The minimum Gasteiger partial charge on any atom is -0.405 e. The normalized spacial score (nSPS) is 17.6. The van der Waals surface area contributed by atoms with Crippen LogP contribution in [0.3, 0.4) is 0 Å². The van der Waals surface area contributed by atoms with Gasteiger partial charge in [-0.15, -0.1) is 13.2 Å². The van der Waals surface area contributed by atoms with E-state index >= 15 is 0 Å².